The number of nitrogens with zero attached hydrogens (tertiary/aromatic N) is 5. The first-order valence-electron chi connectivity index (χ1n) is 15.9. The van der Waals surface area contributed by atoms with Gasteiger partial charge in [0.05, 0.1) is 29.4 Å². The summed E-state index contributed by atoms with van der Waals surface area (Å²) in [6, 6.07) is 3.08. The van der Waals surface area contributed by atoms with Crippen molar-refractivity contribution < 1.29 is 27.4 Å². The van der Waals surface area contributed by atoms with E-state index in [1.165, 1.54) is 6.07 Å². The summed E-state index contributed by atoms with van der Waals surface area (Å²) in [5.74, 6) is -1.26. The largest absolute Gasteiger partial charge is 0.461 e. The molecule has 2 aromatic carbocycles. The number of H-pyrrole nitrogens is 1. The van der Waals surface area contributed by atoms with Crippen LogP contribution in [0.15, 0.2) is 18.3 Å². The lowest BCUT2D eigenvalue weighted by molar-refractivity contribution is 0.00302. The number of anilines is 1. The molecule has 0 unspecified atom stereocenters. The molecule has 4 aliphatic rings. The minimum Gasteiger partial charge on any atom is -0.461 e. The van der Waals surface area contributed by atoms with Gasteiger partial charge in [0.15, 0.2) is 5.82 Å². The fourth-order valence-electron chi connectivity index (χ4n) is 8.15. The van der Waals surface area contributed by atoms with Crippen molar-refractivity contribution in [2.24, 2.45) is 0 Å². The number of fused-ring (bicyclic) bond motifs is 3. The van der Waals surface area contributed by atoms with Gasteiger partial charge >= 0.3 is 6.01 Å². The molecule has 0 amide bonds. The lowest BCUT2D eigenvalue weighted by Crippen LogP contribution is -2.50. The number of aromatic amines is 1. The Morgan fingerprint density at radius 3 is 2.71 bits per heavy atom. The Morgan fingerprint density at radius 1 is 1.09 bits per heavy atom. The van der Waals surface area contributed by atoms with Crippen LogP contribution in [0, 0.1) is 18.6 Å². The summed E-state index contributed by atoms with van der Waals surface area (Å²) in [7, 11) is 0. The topological polar surface area (TPSA) is 90.4 Å². The van der Waals surface area contributed by atoms with Crippen molar-refractivity contribution >= 4 is 27.6 Å². The maximum absolute atomic E-state index is 17.0. The highest BCUT2D eigenvalue weighted by Crippen LogP contribution is 2.50. The van der Waals surface area contributed by atoms with E-state index in [0.29, 0.717) is 42.4 Å². The number of nitrogens with one attached hydrogen (secondary N) is 1. The van der Waals surface area contributed by atoms with Gasteiger partial charge in [-0.25, -0.2) is 17.6 Å². The molecule has 4 aromatic rings. The van der Waals surface area contributed by atoms with Gasteiger partial charge in [-0.1, -0.05) is 0 Å². The molecule has 12 heteroatoms. The summed E-state index contributed by atoms with van der Waals surface area (Å²) < 4.78 is 67.9. The zero-order chi connectivity index (χ0) is 31.1. The van der Waals surface area contributed by atoms with Crippen LogP contribution >= 0.6 is 0 Å². The maximum atomic E-state index is 17.0. The van der Waals surface area contributed by atoms with Crippen molar-refractivity contribution in [3.05, 3.63) is 41.1 Å². The molecular formula is C33H36F4N6O2. The first-order chi connectivity index (χ1) is 21.7. The van der Waals surface area contributed by atoms with Crippen LogP contribution in [0.4, 0.5) is 23.4 Å². The molecule has 2 aromatic heterocycles. The fourth-order valence-corrected chi connectivity index (χ4v) is 8.15. The van der Waals surface area contributed by atoms with Gasteiger partial charge in [-0.05, 0) is 81.2 Å². The van der Waals surface area contributed by atoms with Crippen LogP contribution in [0.5, 0.6) is 6.01 Å². The molecule has 0 spiro atoms. The number of aliphatic hydroxyl groups is 1. The van der Waals surface area contributed by atoms with E-state index in [9.17, 15) is 13.9 Å². The molecule has 3 aliphatic heterocycles. The number of rotatable bonds is 7. The number of hydrogen-bond donors (Lipinski definition) is 2. The molecule has 8 rings (SSSR count). The molecule has 8 nitrogen and oxygen atoms in total. The number of benzene rings is 2. The number of ether oxygens (including phenoxy) is 1. The van der Waals surface area contributed by atoms with Crippen LogP contribution in [0.2, 0.25) is 0 Å². The van der Waals surface area contributed by atoms with E-state index >= 15 is 8.78 Å². The Labute approximate surface area is 257 Å². The summed E-state index contributed by atoms with van der Waals surface area (Å²) in [4.78, 5) is 12.9. The number of aromatic nitrogens is 4. The Kier molecular flexibility index (Phi) is 6.76. The second-order valence-corrected chi connectivity index (χ2v) is 13.6. The Morgan fingerprint density at radius 2 is 1.91 bits per heavy atom. The van der Waals surface area contributed by atoms with Gasteiger partial charge in [-0.2, -0.15) is 15.1 Å². The van der Waals surface area contributed by atoms with Crippen LogP contribution in [-0.4, -0.2) is 86.9 Å². The first-order valence-corrected chi connectivity index (χ1v) is 15.9. The number of aryl methyl sites for hydroxylation is 1. The minimum absolute atomic E-state index is 0.0966. The number of piperidine rings is 1. The first kappa shape index (κ1) is 28.9. The number of hydrogen-bond acceptors (Lipinski definition) is 7. The van der Waals surface area contributed by atoms with Crippen LogP contribution in [0.1, 0.15) is 62.0 Å². The number of halogens is 4. The second-order valence-electron chi connectivity index (χ2n) is 13.6. The zero-order valence-electron chi connectivity index (χ0n) is 25.2. The third-order valence-electron chi connectivity index (χ3n) is 10.4. The fraction of sp³-hybridized carbons (Fsp3) is 0.545. The van der Waals surface area contributed by atoms with Gasteiger partial charge in [-0.3, -0.25) is 10.00 Å². The molecule has 2 N–H and O–H groups in total. The standard InChI is InChI=1S/C33H36F4N6O2/c1-18-10-24-22(13-38-41-24)26(25(18)19-4-5-19)27-23(36)11-21-29(28(27)37)39-31(40-30(21)42-8-3-7-33(44,15-34)16-42)45-17-32-6-2-9-43(32)14-20(35)12-32/h10-11,13,19-20,44H,2-9,12,14-17H2,1H3,(H,38,41)/t20-,32+,33+/m1/s1. The van der Waals surface area contributed by atoms with Gasteiger partial charge in [-0.15, -0.1) is 0 Å². The molecule has 238 valence electrons. The van der Waals surface area contributed by atoms with Crippen molar-refractivity contribution in [2.75, 3.05) is 44.4 Å². The summed E-state index contributed by atoms with van der Waals surface area (Å²) in [6.45, 7) is 2.55. The molecule has 5 heterocycles. The summed E-state index contributed by atoms with van der Waals surface area (Å²) >= 11 is 0. The maximum Gasteiger partial charge on any atom is 0.319 e. The monoisotopic (exact) mass is 624 g/mol. The van der Waals surface area contributed by atoms with Crippen molar-refractivity contribution in [1.29, 1.82) is 0 Å². The minimum atomic E-state index is -1.61. The van der Waals surface area contributed by atoms with Crippen molar-refractivity contribution in [3.8, 4) is 17.1 Å². The van der Waals surface area contributed by atoms with E-state index in [-0.39, 0.29) is 53.8 Å². The third kappa shape index (κ3) is 4.74. The summed E-state index contributed by atoms with van der Waals surface area (Å²) in [5, 5.41) is 18.7. The van der Waals surface area contributed by atoms with Gasteiger partial charge in [0.2, 0.25) is 0 Å². The predicted octanol–water partition coefficient (Wildman–Crippen LogP) is 5.89. The van der Waals surface area contributed by atoms with E-state index in [0.717, 1.165) is 43.4 Å². The van der Waals surface area contributed by atoms with Crippen LogP contribution in [-0.2, 0) is 0 Å². The van der Waals surface area contributed by atoms with Crippen LogP contribution in [0.3, 0.4) is 0 Å². The zero-order valence-corrected chi connectivity index (χ0v) is 25.2. The van der Waals surface area contributed by atoms with Crippen molar-refractivity contribution in [1.82, 2.24) is 25.1 Å². The average molecular weight is 625 g/mol. The van der Waals surface area contributed by atoms with Gasteiger partial charge in [0.1, 0.15) is 42.2 Å². The summed E-state index contributed by atoms with van der Waals surface area (Å²) in [5.41, 5.74) is 0.561. The molecule has 4 fully saturated rings. The molecule has 1 aliphatic carbocycles. The van der Waals surface area contributed by atoms with Crippen LogP contribution < -0.4 is 9.64 Å². The highest BCUT2D eigenvalue weighted by molar-refractivity contribution is 6.01. The molecule has 3 atom stereocenters. The second kappa shape index (κ2) is 10.5. The van der Waals surface area contributed by atoms with Gasteiger partial charge in [0, 0.05) is 35.8 Å². The molecule has 45 heavy (non-hydrogen) atoms. The normalized spacial score (nSPS) is 27.2. The SMILES string of the molecule is Cc1cc2[nH]ncc2c(-c2c(F)cc3c(N4CCC[C@](O)(CF)C4)nc(OC[C@@]45CCCN4C[C@H](F)C5)nc3c2F)c1C1CC1. The van der Waals surface area contributed by atoms with Crippen molar-refractivity contribution in [3.63, 3.8) is 0 Å². The number of β-amino-alcohol motifs (C(OH)–C–C–N with tert-alkyl or cyclic N) is 1. The molecule has 0 bridgehead atoms. The highest BCUT2D eigenvalue weighted by atomic mass is 19.1. The van der Waals surface area contributed by atoms with Gasteiger partial charge in [0.25, 0.3) is 0 Å². The van der Waals surface area contributed by atoms with E-state index in [1.54, 1.807) is 11.1 Å². The van der Waals surface area contributed by atoms with E-state index in [2.05, 4.69) is 25.1 Å². The average Bonchev–Trinajstić information content (AvgIpc) is 3.47. The molecular weight excluding hydrogens is 588 g/mol. The highest BCUT2D eigenvalue weighted by Gasteiger charge is 2.49. The number of alkyl halides is 2. The quantitative estimate of drug-likeness (QED) is 0.248. The predicted molar refractivity (Wildman–Crippen MR) is 162 cm³/mol. The van der Waals surface area contributed by atoms with Gasteiger partial charge < -0.3 is 14.7 Å². The Bertz CT molecular complexity index is 1810. The Balaban J connectivity index is 1.30. The van der Waals surface area contributed by atoms with Crippen LogP contribution in [0.25, 0.3) is 32.9 Å². The summed E-state index contributed by atoms with van der Waals surface area (Å²) in [6.07, 6.45) is 5.27. The van der Waals surface area contributed by atoms with Crippen molar-refractivity contribution in [2.45, 2.75) is 75.1 Å². The molecule has 1 saturated carbocycles. The van der Waals surface area contributed by atoms with E-state index in [4.69, 9.17) is 4.74 Å². The smallest absolute Gasteiger partial charge is 0.319 e. The lowest BCUT2D eigenvalue weighted by atomic mass is 9.89. The third-order valence-corrected chi connectivity index (χ3v) is 10.4. The molecule has 0 radical (unpaired) electrons. The lowest BCUT2D eigenvalue weighted by Gasteiger charge is -2.38. The Hall–Kier alpha value is -3.51. The van der Waals surface area contributed by atoms with E-state index in [1.807, 2.05) is 13.0 Å². The van der Waals surface area contributed by atoms with E-state index < -0.39 is 35.6 Å². The molecule has 3 saturated heterocycles.